The van der Waals surface area contributed by atoms with Gasteiger partial charge in [-0.3, -0.25) is 0 Å². The first-order valence-corrected chi connectivity index (χ1v) is 21.5. The number of rotatable bonds is 10. The smallest absolute Gasteiger partial charge is 0.0462 e. The van der Waals surface area contributed by atoms with Gasteiger partial charge in [0.1, 0.15) is 0 Å². The SMILES string of the molecule is c1ccc(-c2ccc(N(c3ccc(-c4ccccc4)cc3)c3ccc(-c4ccc5ccc(-c6ccc(CCC7CC8CCCC(C8)C7)cc6)cc5c4)cc3)cc2)cc1. The molecule has 0 radical (unpaired) electrons. The highest BCUT2D eigenvalue weighted by molar-refractivity contribution is 5.91. The molecule has 10 rings (SSSR count). The first-order valence-electron chi connectivity index (χ1n) is 21.5. The summed E-state index contributed by atoms with van der Waals surface area (Å²) in [6, 6.07) is 71.3. The maximum atomic E-state index is 2.37. The van der Waals surface area contributed by atoms with E-state index < -0.39 is 0 Å². The number of hydrogen-bond donors (Lipinski definition) is 0. The fourth-order valence-corrected chi connectivity index (χ4v) is 10.1. The second-order valence-corrected chi connectivity index (χ2v) is 17.0. The summed E-state index contributed by atoms with van der Waals surface area (Å²) in [5.74, 6) is 2.96. The van der Waals surface area contributed by atoms with Crippen LogP contribution in [0.15, 0.2) is 194 Å². The Morgan fingerprint density at radius 1 is 0.362 bits per heavy atom. The molecular formula is C57H51N. The van der Waals surface area contributed by atoms with Gasteiger partial charge in [0.05, 0.1) is 0 Å². The van der Waals surface area contributed by atoms with E-state index >= 15 is 0 Å². The van der Waals surface area contributed by atoms with Crippen LogP contribution in [0.5, 0.6) is 0 Å². The molecule has 8 aromatic carbocycles. The molecule has 0 amide bonds. The summed E-state index contributed by atoms with van der Waals surface area (Å²) in [6.07, 6.45) is 11.5. The molecule has 2 unspecified atom stereocenters. The van der Waals surface area contributed by atoms with E-state index in [1.54, 1.807) is 0 Å². The van der Waals surface area contributed by atoms with Crippen LogP contribution in [-0.2, 0) is 6.42 Å². The van der Waals surface area contributed by atoms with Crippen LogP contribution >= 0.6 is 0 Å². The molecule has 58 heavy (non-hydrogen) atoms. The number of benzene rings is 8. The van der Waals surface area contributed by atoms with E-state index in [1.807, 2.05) is 0 Å². The summed E-state index contributed by atoms with van der Waals surface area (Å²) in [4.78, 5) is 2.35. The molecule has 2 fully saturated rings. The predicted molar refractivity (Wildman–Crippen MR) is 247 cm³/mol. The lowest BCUT2D eigenvalue weighted by Crippen LogP contribution is -2.27. The normalized spacial score (nSPS) is 17.6. The van der Waals surface area contributed by atoms with Crippen LogP contribution < -0.4 is 4.90 Å². The summed E-state index contributed by atoms with van der Waals surface area (Å²) < 4.78 is 0. The van der Waals surface area contributed by atoms with Gasteiger partial charge in [-0.05, 0) is 159 Å². The number of hydrogen-bond acceptors (Lipinski definition) is 1. The molecule has 0 aliphatic heterocycles. The number of aryl methyl sites for hydroxylation is 1. The fourth-order valence-electron chi connectivity index (χ4n) is 10.1. The van der Waals surface area contributed by atoms with Crippen LogP contribution in [0.2, 0.25) is 0 Å². The van der Waals surface area contributed by atoms with Crippen LogP contribution in [0.4, 0.5) is 17.1 Å². The Bertz CT molecular complexity index is 2490. The Hall–Kier alpha value is -6.18. The van der Waals surface area contributed by atoms with Gasteiger partial charge >= 0.3 is 0 Å². The average molecular weight is 750 g/mol. The topological polar surface area (TPSA) is 3.24 Å². The third-order valence-electron chi connectivity index (χ3n) is 13.1. The van der Waals surface area contributed by atoms with Crippen molar-refractivity contribution >= 4 is 27.8 Å². The summed E-state index contributed by atoms with van der Waals surface area (Å²) in [6.45, 7) is 0. The largest absolute Gasteiger partial charge is 0.311 e. The van der Waals surface area contributed by atoms with Crippen molar-refractivity contribution in [3.63, 3.8) is 0 Å². The zero-order valence-corrected chi connectivity index (χ0v) is 33.3. The molecule has 0 N–H and O–H groups in total. The molecule has 2 saturated carbocycles. The Morgan fingerprint density at radius 3 is 1.22 bits per heavy atom. The lowest BCUT2D eigenvalue weighted by molar-refractivity contribution is 0.132. The van der Waals surface area contributed by atoms with E-state index in [2.05, 4.69) is 199 Å². The van der Waals surface area contributed by atoms with E-state index in [0.717, 1.165) is 34.8 Å². The minimum atomic E-state index is 0.934. The average Bonchev–Trinajstić information content (AvgIpc) is 3.29. The van der Waals surface area contributed by atoms with Crippen LogP contribution in [0.1, 0.15) is 50.5 Å². The van der Waals surface area contributed by atoms with Gasteiger partial charge in [-0.1, -0.05) is 165 Å². The summed E-state index contributed by atoms with van der Waals surface area (Å²) in [5.41, 5.74) is 14.7. The highest BCUT2D eigenvalue weighted by Crippen LogP contribution is 2.44. The van der Waals surface area contributed by atoms with E-state index in [9.17, 15) is 0 Å². The molecule has 2 bridgehead atoms. The Balaban J connectivity index is 0.889. The molecule has 284 valence electrons. The maximum absolute atomic E-state index is 2.37. The lowest BCUT2D eigenvalue weighted by Gasteiger charge is -2.39. The molecule has 1 heteroatoms. The summed E-state index contributed by atoms with van der Waals surface area (Å²) >= 11 is 0. The molecule has 1 nitrogen and oxygen atoms in total. The molecule has 2 aliphatic rings. The van der Waals surface area contributed by atoms with E-state index in [4.69, 9.17) is 0 Å². The molecule has 2 aliphatic carbocycles. The van der Waals surface area contributed by atoms with E-state index in [1.165, 1.54) is 112 Å². The van der Waals surface area contributed by atoms with Crippen molar-refractivity contribution in [1.29, 1.82) is 0 Å². The zero-order valence-electron chi connectivity index (χ0n) is 33.3. The standard InChI is InChI=1S/C57H51N/c1-3-10-45(11-4-1)47-24-30-55(31-25-47)58(56-32-26-48(27-33-56)46-12-5-2-6-13-46)57-34-28-50(29-35-57)53-23-21-51-20-22-52(39-54(51)40-53)49-18-16-41(17-19-49)14-15-44-37-42-8-7-9-43(36-42)38-44/h1-6,10-13,16-35,39-40,42-44H,7-9,14-15,36-38H2. The molecule has 0 saturated heterocycles. The van der Waals surface area contributed by atoms with Crippen LogP contribution in [0.25, 0.3) is 55.3 Å². The second kappa shape index (κ2) is 16.4. The van der Waals surface area contributed by atoms with E-state index in [0.29, 0.717) is 0 Å². The first kappa shape index (κ1) is 36.2. The third-order valence-corrected chi connectivity index (χ3v) is 13.1. The van der Waals surface area contributed by atoms with Crippen molar-refractivity contribution in [2.24, 2.45) is 17.8 Å². The number of fused-ring (bicyclic) bond motifs is 3. The Kier molecular flexibility index (Phi) is 10.2. The van der Waals surface area contributed by atoms with Gasteiger partial charge < -0.3 is 4.90 Å². The summed E-state index contributed by atoms with van der Waals surface area (Å²) in [5, 5.41) is 2.53. The van der Waals surface area contributed by atoms with Gasteiger partial charge in [-0.25, -0.2) is 0 Å². The number of nitrogens with zero attached hydrogens (tertiary/aromatic N) is 1. The molecular weight excluding hydrogens is 699 g/mol. The van der Waals surface area contributed by atoms with Gasteiger partial charge in [-0.2, -0.15) is 0 Å². The van der Waals surface area contributed by atoms with E-state index in [-0.39, 0.29) is 0 Å². The minimum Gasteiger partial charge on any atom is -0.311 e. The van der Waals surface area contributed by atoms with Gasteiger partial charge in [0, 0.05) is 17.1 Å². The Morgan fingerprint density at radius 2 is 0.759 bits per heavy atom. The highest BCUT2D eigenvalue weighted by atomic mass is 15.1. The molecule has 0 heterocycles. The molecule has 2 atom stereocenters. The molecule has 0 spiro atoms. The first-order chi connectivity index (χ1) is 28.7. The van der Waals surface area contributed by atoms with Crippen molar-refractivity contribution in [2.75, 3.05) is 4.90 Å². The van der Waals surface area contributed by atoms with Gasteiger partial charge in [0.15, 0.2) is 0 Å². The van der Waals surface area contributed by atoms with Crippen LogP contribution in [-0.4, -0.2) is 0 Å². The van der Waals surface area contributed by atoms with Crippen molar-refractivity contribution < 1.29 is 0 Å². The molecule has 8 aromatic rings. The fraction of sp³-hybridized carbons (Fsp3) is 0.193. The zero-order chi connectivity index (χ0) is 38.7. The number of anilines is 3. The van der Waals surface area contributed by atoms with Gasteiger partial charge in [-0.15, -0.1) is 0 Å². The predicted octanol–water partition coefficient (Wildman–Crippen LogP) is 16.1. The summed E-state index contributed by atoms with van der Waals surface area (Å²) in [7, 11) is 0. The Labute approximate surface area is 344 Å². The van der Waals surface area contributed by atoms with Crippen molar-refractivity contribution in [2.45, 2.75) is 51.4 Å². The third kappa shape index (κ3) is 7.87. The van der Waals surface area contributed by atoms with Crippen LogP contribution in [0.3, 0.4) is 0 Å². The lowest BCUT2D eigenvalue weighted by atomic mass is 9.67. The monoisotopic (exact) mass is 749 g/mol. The van der Waals surface area contributed by atoms with Crippen LogP contribution in [0, 0.1) is 17.8 Å². The quantitative estimate of drug-likeness (QED) is 0.135. The van der Waals surface area contributed by atoms with Crippen molar-refractivity contribution in [1.82, 2.24) is 0 Å². The van der Waals surface area contributed by atoms with Crippen molar-refractivity contribution in [3.8, 4) is 44.5 Å². The highest BCUT2D eigenvalue weighted by Gasteiger charge is 2.31. The second-order valence-electron chi connectivity index (χ2n) is 17.0. The van der Waals surface area contributed by atoms with Gasteiger partial charge in [0.2, 0.25) is 0 Å². The van der Waals surface area contributed by atoms with Crippen molar-refractivity contribution in [3.05, 3.63) is 200 Å². The molecule has 0 aromatic heterocycles. The minimum absolute atomic E-state index is 0.934. The maximum Gasteiger partial charge on any atom is 0.0462 e. The van der Waals surface area contributed by atoms with Gasteiger partial charge in [0.25, 0.3) is 0 Å².